The van der Waals surface area contributed by atoms with E-state index in [-0.39, 0.29) is 11.4 Å². The zero-order valence-electron chi connectivity index (χ0n) is 11.6. The van der Waals surface area contributed by atoms with Crippen LogP contribution < -0.4 is 10.6 Å². The van der Waals surface area contributed by atoms with Crippen LogP contribution in [0, 0.1) is 17.1 Å². The molecule has 0 unspecified atom stereocenters. The molecular weight excluding hydrogens is 283 g/mol. The van der Waals surface area contributed by atoms with Crippen molar-refractivity contribution < 1.29 is 9.18 Å². The molecule has 6 heteroatoms. The smallest absolute Gasteiger partial charge is 0.274 e. The normalized spacial score (nSPS) is 13.3. The molecule has 3 rings (SSSR count). The third kappa shape index (κ3) is 3.04. The maximum Gasteiger partial charge on any atom is 0.274 e. The van der Waals surface area contributed by atoms with Gasteiger partial charge in [0.2, 0.25) is 0 Å². The van der Waals surface area contributed by atoms with Crippen molar-refractivity contribution in [3.8, 4) is 6.07 Å². The van der Waals surface area contributed by atoms with Crippen molar-refractivity contribution in [1.29, 1.82) is 5.26 Å². The number of anilines is 2. The van der Waals surface area contributed by atoms with Gasteiger partial charge in [0, 0.05) is 12.2 Å². The fraction of sp³-hybridized carbons (Fsp3) is 0.188. The van der Waals surface area contributed by atoms with Crippen LogP contribution in [0.2, 0.25) is 0 Å². The van der Waals surface area contributed by atoms with Gasteiger partial charge < -0.3 is 10.6 Å². The van der Waals surface area contributed by atoms with Gasteiger partial charge >= 0.3 is 0 Å². The Balaban J connectivity index is 1.82. The molecule has 1 aromatic carbocycles. The number of rotatable bonds is 4. The van der Waals surface area contributed by atoms with Crippen molar-refractivity contribution in [1.82, 2.24) is 4.98 Å². The van der Waals surface area contributed by atoms with Crippen LogP contribution >= 0.6 is 0 Å². The van der Waals surface area contributed by atoms with E-state index in [1.54, 1.807) is 12.1 Å². The molecule has 2 N–H and O–H groups in total. The van der Waals surface area contributed by atoms with Crippen LogP contribution in [0.5, 0.6) is 0 Å². The summed E-state index contributed by atoms with van der Waals surface area (Å²) >= 11 is 0. The van der Waals surface area contributed by atoms with Gasteiger partial charge in [0.05, 0.1) is 11.3 Å². The number of nitrogens with zero attached hydrogens (tertiary/aromatic N) is 2. The molecule has 0 bridgehead atoms. The van der Waals surface area contributed by atoms with Crippen LogP contribution in [0.25, 0.3) is 0 Å². The van der Waals surface area contributed by atoms with Crippen molar-refractivity contribution in [2.45, 2.75) is 18.9 Å². The Labute approximate surface area is 126 Å². The summed E-state index contributed by atoms with van der Waals surface area (Å²) in [5, 5.41) is 14.4. The molecule has 1 aliphatic carbocycles. The molecule has 1 amide bonds. The number of hydrogen-bond acceptors (Lipinski definition) is 4. The van der Waals surface area contributed by atoms with E-state index in [0.717, 1.165) is 12.8 Å². The van der Waals surface area contributed by atoms with Crippen molar-refractivity contribution in [3.05, 3.63) is 53.6 Å². The number of para-hydroxylation sites is 1. The van der Waals surface area contributed by atoms with E-state index >= 15 is 0 Å². The summed E-state index contributed by atoms with van der Waals surface area (Å²) in [4.78, 5) is 16.1. The molecule has 0 radical (unpaired) electrons. The highest BCUT2D eigenvalue weighted by Gasteiger charge is 2.23. The van der Waals surface area contributed by atoms with Crippen molar-refractivity contribution in [2.75, 3.05) is 10.6 Å². The second-order valence-electron chi connectivity index (χ2n) is 5.08. The number of amides is 1. The molecule has 0 saturated heterocycles. The number of carbonyl (C=O) groups excluding carboxylic acids is 1. The van der Waals surface area contributed by atoms with Gasteiger partial charge in [-0.1, -0.05) is 6.07 Å². The summed E-state index contributed by atoms with van der Waals surface area (Å²) in [6.07, 6.45) is 3.39. The summed E-state index contributed by atoms with van der Waals surface area (Å²) in [6.45, 7) is 0. The number of pyridine rings is 1. The third-order valence-corrected chi connectivity index (χ3v) is 3.31. The average molecular weight is 296 g/mol. The Bertz CT molecular complexity index is 748. The molecule has 0 atom stereocenters. The number of halogens is 1. The first kappa shape index (κ1) is 14.0. The van der Waals surface area contributed by atoms with Gasteiger partial charge in [0.25, 0.3) is 5.91 Å². The van der Waals surface area contributed by atoms with Crippen LogP contribution in [0.4, 0.5) is 15.8 Å². The SMILES string of the molecule is N#Cc1ccc(C(=O)Nc2c(F)cccc2NC2CC2)nc1. The number of nitriles is 1. The quantitative estimate of drug-likeness (QED) is 0.909. The topological polar surface area (TPSA) is 77.8 Å². The van der Waals surface area contributed by atoms with Crippen LogP contribution in [0.1, 0.15) is 28.9 Å². The maximum absolute atomic E-state index is 14.0. The summed E-state index contributed by atoms with van der Waals surface area (Å²) in [5.74, 6) is -1.03. The molecule has 2 aromatic rings. The summed E-state index contributed by atoms with van der Waals surface area (Å²) in [6, 6.07) is 9.80. The minimum atomic E-state index is -0.520. The number of hydrogen-bond donors (Lipinski definition) is 2. The first-order valence-electron chi connectivity index (χ1n) is 6.90. The van der Waals surface area contributed by atoms with E-state index in [2.05, 4.69) is 15.6 Å². The Morgan fingerprint density at radius 1 is 1.32 bits per heavy atom. The van der Waals surface area contributed by atoms with Crippen LogP contribution in [0.3, 0.4) is 0 Å². The summed E-state index contributed by atoms with van der Waals surface area (Å²) in [7, 11) is 0. The van der Waals surface area contributed by atoms with Gasteiger partial charge in [-0.2, -0.15) is 5.26 Å². The van der Waals surface area contributed by atoms with Gasteiger partial charge in [-0.25, -0.2) is 9.37 Å². The van der Waals surface area contributed by atoms with E-state index in [4.69, 9.17) is 5.26 Å². The molecular formula is C16H13FN4O. The van der Waals surface area contributed by atoms with E-state index in [1.807, 2.05) is 6.07 Å². The number of aromatic nitrogens is 1. The Kier molecular flexibility index (Phi) is 3.71. The van der Waals surface area contributed by atoms with Gasteiger partial charge in [-0.15, -0.1) is 0 Å². The highest BCUT2D eigenvalue weighted by atomic mass is 19.1. The largest absolute Gasteiger partial charge is 0.381 e. The van der Waals surface area contributed by atoms with Crippen molar-refractivity contribution in [3.63, 3.8) is 0 Å². The second-order valence-corrected chi connectivity index (χ2v) is 5.08. The molecule has 1 fully saturated rings. The molecule has 1 heterocycles. The molecule has 5 nitrogen and oxygen atoms in total. The minimum absolute atomic E-state index is 0.116. The molecule has 22 heavy (non-hydrogen) atoms. The number of nitrogens with one attached hydrogen (secondary N) is 2. The van der Waals surface area contributed by atoms with Gasteiger partial charge in [-0.05, 0) is 37.1 Å². The van der Waals surface area contributed by atoms with Gasteiger partial charge in [-0.3, -0.25) is 4.79 Å². The van der Waals surface area contributed by atoms with E-state index in [9.17, 15) is 9.18 Å². The average Bonchev–Trinajstić information content (AvgIpc) is 3.34. The van der Waals surface area contributed by atoms with Crippen LogP contribution in [0.15, 0.2) is 36.5 Å². The van der Waals surface area contributed by atoms with Crippen molar-refractivity contribution in [2.24, 2.45) is 0 Å². The standard InChI is InChI=1S/C16H13FN4O/c17-12-2-1-3-13(20-11-5-6-11)15(12)21-16(22)14-7-4-10(8-18)9-19-14/h1-4,7,9,11,20H,5-6H2,(H,21,22). The van der Waals surface area contributed by atoms with E-state index in [0.29, 0.717) is 17.3 Å². The molecule has 0 spiro atoms. The summed E-state index contributed by atoms with van der Waals surface area (Å²) < 4.78 is 14.0. The number of carbonyl (C=O) groups is 1. The third-order valence-electron chi connectivity index (χ3n) is 3.31. The Morgan fingerprint density at radius 3 is 2.77 bits per heavy atom. The predicted molar refractivity (Wildman–Crippen MR) is 79.9 cm³/mol. The zero-order chi connectivity index (χ0) is 15.5. The summed E-state index contributed by atoms with van der Waals surface area (Å²) in [5.41, 5.74) is 1.16. The van der Waals surface area contributed by atoms with Crippen LogP contribution in [-0.2, 0) is 0 Å². The first-order chi connectivity index (χ1) is 10.7. The lowest BCUT2D eigenvalue weighted by atomic mass is 10.2. The Morgan fingerprint density at radius 2 is 2.14 bits per heavy atom. The van der Waals surface area contributed by atoms with Crippen molar-refractivity contribution >= 4 is 17.3 Å². The van der Waals surface area contributed by atoms with E-state index in [1.165, 1.54) is 24.4 Å². The fourth-order valence-corrected chi connectivity index (χ4v) is 1.99. The fourth-order valence-electron chi connectivity index (χ4n) is 1.99. The second kappa shape index (κ2) is 5.82. The molecule has 1 aliphatic rings. The van der Waals surface area contributed by atoms with Crippen LogP contribution in [-0.4, -0.2) is 16.9 Å². The lowest BCUT2D eigenvalue weighted by molar-refractivity contribution is 0.102. The lowest BCUT2D eigenvalue weighted by Crippen LogP contribution is -2.16. The first-order valence-corrected chi connectivity index (χ1v) is 6.90. The highest BCUT2D eigenvalue weighted by Crippen LogP contribution is 2.31. The lowest BCUT2D eigenvalue weighted by Gasteiger charge is -2.13. The van der Waals surface area contributed by atoms with Gasteiger partial charge in [0.15, 0.2) is 0 Å². The molecule has 1 aromatic heterocycles. The van der Waals surface area contributed by atoms with Gasteiger partial charge in [0.1, 0.15) is 23.3 Å². The molecule has 110 valence electrons. The maximum atomic E-state index is 14.0. The monoisotopic (exact) mass is 296 g/mol. The number of benzene rings is 1. The highest BCUT2D eigenvalue weighted by molar-refractivity contribution is 6.04. The minimum Gasteiger partial charge on any atom is -0.381 e. The predicted octanol–water partition coefficient (Wildman–Crippen LogP) is 2.92. The Hall–Kier alpha value is -2.94. The molecule has 0 aliphatic heterocycles. The zero-order valence-corrected chi connectivity index (χ0v) is 11.6. The molecule has 1 saturated carbocycles. The van der Waals surface area contributed by atoms with E-state index < -0.39 is 11.7 Å².